The fraction of sp³-hybridized carbons (Fsp3) is 0.533. The van der Waals surface area contributed by atoms with E-state index in [1.165, 1.54) is 0 Å². The van der Waals surface area contributed by atoms with Crippen LogP contribution in [0.1, 0.15) is 12.1 Å². The van der Waals surface area contributed by atoms with E-state index in [0.717, 1.165) is 67.8 Å². The predicted molar refractivity (Wildman–Crippen MR) is 93.3 cm³/mol. The van der Waals surface area contributed by atoms with Crippen molar-refractivity contribution in [3.05, 3.63) is 24.0 Å². The lowest BCUT2D eigenvalue weighted by Gasteiger charge is -2.33. The van der Waals surface area contributed by atoms with Crippen LogP contribution in [0, 0.1) is 0 Å². The summed E-state index contributed by atoms with van der Waals surface area (Å²) in [6.07, 6.45) is 3.49. The Morgan fingerprint density at radius 3 is 3.00 bits per heavy atom. The first-order valence-corrected chi connectivity index (χ1v) is 8.10. The molecule has 118 valence electrons. The Hall–Kier alpha value is -1.73. The lowest BCUT2D eigenvalue weighted by Crippen LogP contribution is -2.49. The summed E-state index contributed by atoms with van der Waals surface area (Å²) >= 11 is 5.45. The van der Waals surface area contributed by atoms with Crippen LogP contribution in [0.3, 0.4) is 0 Å². The van der Waals surface area contributed by atoms with Crippen LogP contribution in [0.4, 0.5) is 5.69 Å². The number of pyridine rings is 1. The van der Waals surface area contributed by atoms with Crippen molar-refractivity contribution in [1.82, 2.24) is 20.2 Å². The summed E-state index contributed by atoms with van der Waals surface area (Å²) in [7, 11) is 2.14. The van der Waals surface area contributed by atoms with E-state index in [2.05, 4.69) is 43.7 Å². The normalized spacial score (nSPS) is 21.0. The number of nitrogens with zero attached hydrogens (tertiary/aromatic N) is 4. The fourth-order valence-electron chi connectivity index (χ4n) is 2.67. The molecule has 1 aromatic rings. The predicted octanol–water partition coefficient (Wildman–Crippen LogP) is 0.918. The quantitative estimate of drug-likeness (QED) is 0.593. The Morgan fingerprint density at radius 1 is 1.36 bits per heavy atom. The standard InChI is InChI=1S/C15H22N6S/c1-20-7-9-21(10-8-20)15(22)19-18-12-4-6-17-13-3-2-5-16-14(13)11-12/h2-3,5,17H,4,6-11H2,1H3,(H,19,22)/b18-12-. The Kier molecular flexibility index (Phi) is 4.84. The van der Waals surface area contributed by atoms with E-state index >= 15 is 0 Å². The summed E-state index contributed by atoms with van der Waals surface area (Å²) in [6.45, 7) is 4.87. The average molecular weight is 318 g/mol. The number of piperazine rings is 1. The second-order valence-corrected chi connectivity index (χ2v) is 6.12. The highest BCUT2D eigenvalue weighted by molar-refractivity contribution is 7.80. The van der Waals surface area contributed by atoms with E-state index in [-0.39, 0.29) is 0 Å². The summed E-state index contributed by atoms with van der Waals surface area (Å²) < 4.78 is 0. The first kappa shape index (κ1) is 15.2. The van der Waals surface area contributed by atoms with Crippen LogP contribution in [0.15, 0.2) is 23.4 Å². The first-order valence-electron chi connectivity index (χ1n) is 7.69. The molecule has 1 saturated heterocycles. The van der Waals surface area contributed by atoms with E-state index in [4.69, 9.17) is 12.2 Å². The van der Waals surface area contributed by atoms with Crippen molar-refractivity contribution in [3.8, 4) is 0 Å². The third-order valence-corrected chi connectivity index (χ3v) is 4.44. The molecule has 0 unspecified atom stereocenters. The third-order valence-electron chi connectivity index (χ3n) is 4.09. The summed E-state index contributed by atoms with van der Waals surface area (Å²) in [5.41, 5.74) is 6.30. The van der Waals surface area contributed by atoms with E-state index < -0.39 is 0 Å². The molecule has 2 aliphatic heterocycles. The topological polar surface area (TPSA) is 55.8 Å². The third kappa shape index (κ3) is 3.72. The van der Waals surface area contributed by atoms with Crippen molar-refractivity contribution in [2.24, 2.45) is 5.10 Å². The highest BCUT2D eigenvalue weighted by Gasteiger charge is 2.17. The van der Waals surface area contributed by atoms with Gasteiger partial charge in [0.1, 0.15) is 0 Å². The minimum absolute atomic E-state index is 0.721. The zero-order valence-electron chi connectivity index (χ0n) is 12.9. The molecular formula is C15H22N6S. The van der Waals surface area contributed by atoms with Gasteiger partial charge in [0.05, 0.1) is 11.4 Å². The Balaban J connectivity index is 1.59. The summed E-state index contributed by atoms with van der Waals surface area (Å²) in [4.78, 5) is 8.93. The molecule has 0 radical (unpaired) electrons. The molecule has 1 fully saturated rings. The number of hydrogen-bond acceptors (Lipinski definition) is 5. The van der Waals surface area contributed by atoms with Crippen molar-refractivity contribution >= 4 is 28.7 Å². The molecule has 1 aromatic heterocycles. The Bertz CT molecular complexity index is 565. The summed E-state index contributed by atoms with van der Waals surface area (Å²) in [5.74, 6) is 0. The maximum absolute atomic E-state index is 5.45. The number of anilines is 1. The van der Waals surface area contributed by atoms with Crippen molar-refractivity contribution in [2.75, 3.05) is 45.1 Å². The van der Waals surface area contributed by atoms with E-state index in [1.807, 2.05) is 12.3 Å². The molecular weight excluding hydrogens is 296 g/mol. The number of rotatable bonds is 1. The molecule has 6 nitrogen and oxygen atoms in total. The van der Waals surface area contributed by atoms with Gasteiger partial charge in [0.2, 0.25) is 0 Å². The van der Waals surface area contributed by atoms with Gasteiger partial charge in [-0.3, -0.25) is 10.4 Å². The molecule has 0 aromatic carbocycles. The van der Waals surface area contributed by atoms with E-state index in [9.17, 15) is 0 Å². The molecule has 0 atom stereocenters. The van der Waals surface area contributed by atoms with E-state index in [1.54, 1.807) is 0 Å². The maximum Gasteiger partial charge on any atom is 0.189 e. The zero-order chi connectivity index (χ0) is 15.4. The van der Waals surface area contributed by atoms with Crippen LogP contribution >= 0.6 is 12.2 Å². The largest absolute Gasteiger partial charge is 0.383 e. The smallest absolute Gasteiger partial charge is 0.189 e. The fourth-order valence-corrected chi connectivity index (χ4v) is 2.89. The van der Waals surface area contributed by atoms with Gasteiger partial charge in [0.25, 0.3) is 0 Å². The molecule has 0 amide bonds. The van der Waals surface area contributed by atoms with Gasteiger partial charge in [-0.1, -0.05) is 0 Å². The van der Waals surface area contributed by atoms with Gasteiger partial charge in [-0.2, -0.15) is 5.10 Å². The van der Waals surface area contributed by atoms with Gasteiger partial charge in [0.15, 0.2) is 5.11 Å². The van der Waals surface area contributed by atoms with Gasteiger partial charge in [-0.15, -0.1) is 0 Å². The zero-order valence-corrected chi connectivity index (χ0v) is 13.7. The van der Waals surface area contributed by atoms with Crippen LogP contribution in [0.25, 0.3) is 0 Å². The first-order chi connectivity index (χ1) is 10.7. The molecule has 0 saturated carbocycles. The number of likely N-dealkylation sites (N-methyl/N-ethyl adjacent to an activating group) is 1. The Labute approximate surface area is 136 Å². The molecule has 3 rings (SSSR count). The Morgan fingerprint density at radius 2 is 2.18 bits per heavy atom. The molecule has 7 heteroatoms. The van der Waals surface area contributed by atoms with Gasteiger partial charge >= 0.3 is 0 Å². The highest BCUT2D eigenvalue weighted by atomic mass is 32.1. The maximum atomic E-state index is 5.45. The number of hydrazone groups is 1. The van der Waals surface area contributed by atoms with Gasteiger partial charge in [-0.25, -0.2) is 0 Å². The van der Waals surface area contributed by atoms with Gasteiger partial charge in [-0.05, 0) is 31.4 Å². The van der Waals surface area contributed by atoms with Crippen molar-refractivity contribution in [1.29, 1.82) is 0 Å². The highest BCUT2D eigenvalue weighted by Crippen LogP contribution is 2.17. The number of fused-ring (bicyclic) bond motifs is 1. The van der Waals surface area contributed by atoms with Gasteiger partial charge < -0.3 is 15.1 Å². The second kappa shape index (κ2) is 7.02. The van der Waals surface area contributed by atoms with Crippen molar-refractivity contribution in [3.63, 3.8) is 0 Å². The number of nitrogens with one attached hydrogen (secondary N) is 2. The summed E-state index contributed by atoms with van der Waals surface area (Å²) in [5, 5.41) is 8.64. The monoisotopic (exact) mass is 318 g/mol. The van der Waals surface area contributed by atoms with Crippen LogP contribution in [0.5, 0.6) is 0 Å². The van der Waals surface area contributed by atoms with Crippen molar-refractivity contribution in [2.45, 2.75) is 12.8 Å². The minimum Gasteiger partial charge on any atom is -0.383 e. The molecule has 3 heterocycles. The molecule has 2 aliphatic rings. The average Bonchev–Trinajstić information content (AvgIpc) is 2.75. The molecule has 22 heavy (non-hydrogen) atoms. The van der Waals surface area contributed by atoms with E-state index in [0.29, 0.717) is 0 Å². The number of aromatic nitrogens is 1. The lowest BCUT2D eigenvalue weighted by atomic mass is 10.1. The van der Waals surface area contributed by atoms with Crippen LogP contribution < -0.4 is 10.7 Å². The van der Waals surface area contributed by atoms with Crippen molar-refractivity contribution < 1.29 is 0 Å². The SMILES string of the molecule is CN1CCN(C(=S)N/N=C2/CCNc3cccnc3C2)CC1. The molecule has 0 bridgehead atoms. The van der Waals surface area contributed by atoms with Crippen LogP contribution in [-0.4, -0.2) is 65.4 Å². The van der Waals surface area contributed by atoms with Crippen LogP contribution in [0.2, 0.25) is 0 Å². The van der Waals surface area contributed by atoms with Gasteiger partial charge in [0, 0.05) is 57.5 Å². The lowest BCUT2D eigenvalue weighted by molar-refractivity contribution is 0.214. The molecule has 2 N–H and O–H groups in total. The number of hydrogen-bond donors (Lipinski definition) is 2. The number of thiocarbonyl (C=S) groups is 1. The minimum atomic E-state index is 0.721. The van der Waals surface area contributed by atoms with Crippen LogP contribution in [-0.2, 0) is 6.42 Å². The second-order valence-electron chi connectivity index (χ2n) is 5.74. The molecule has 0 aliphatic carbocycles. The molecule has 0 spiro atoms. The summed E-state index contributed by atoms with van der Waals surface area (Å²) in [6, 6.07) is 4.02.